The zero-order valence-corrected chi connectivity index (χ0v) is 13.4. The minimum absolute atomic E-state index is 0.0216. The van der Waals surface area contributed by atoms with Crippen molar-refractivity contribution in [3.63, 3.8) is 0 Å². The van der Waals surface area contributed by atoms with E-state index in [0.717, 1.165) is 24.8 Å². The normalized spacial score (nSPS) is 22.4. The molecule has 1 aromatic rings. The van der Waals surface area contributed by atoms with Crippen molar-refractivity contribution >= 4 is 34.4 Å². The Balaban J connectivity index is 1.59. The largest absolute Gasteiger partial charge is 0.348 e. The van der Waals surface area contributed by atoms with Crippen molar-refractivity contribution in [3.8, 4) is 0 Å². The fourth-order valence-electron chi connectivity index (χ4n) is 2.45. The number of pyridine rings is 1. The van der Waals surface area contributed by atoms with Crippen molar-refractivity contribution < 1.29 is 4.79 Å². The molecule has 2 aliphatic rings. The maximum atomic E-state index is 12.4. The molecule has 0 radical (unpaired) electrons. The number of halogens is 1. The lowest BCUT2D eigenvalue weighted by atomic mass is 10.2. The summed E-state index contributed by atoms with van der Waals surface area (Å²) in [6, 6.07) is 3.33. The number of piperazine rings is 1. The van der Waals surface area contributed by atoms with Gasteiger partial charge in [0.15, 0.2) is 5.17 Å². The van der Waals surface area contributed by atoms with Crippen molar-refractivity contribution in [1.29, 1.82) is 0 Å². The molecular formula is C14H17ClN4OS. The molecule has 0 spiro atoms. The third kappa shape index (κ3) is 3.32. The Morgan fingerprint density at radius 1 is 1.38 bits per heavy atom. The Bertz CT molecular complexity index is 572. The predicted octanol–water partition coefficient (Wildman–Crippen LogP) is 1.98. The summed E-state index contributed by atoms with van der Waals surface area (Å²) in [7, 11) is 0. The molecule has 0 aromatic carbocycles. The maximum Gasteiger partial charge on any atom is 0.254 e. The summed E-state index contributed by atoms with van der Waals surface area (Å²) in [4.78, 5) is 25.0. The van der Waals surface area contributed by atoms with Gasteiger partial charge >= 0.3 is 0 Å². The molecule has 0 bridgehead atoms. The van der Waals surface area contributed by atoms with Crippen LogP contribution in [0.4, 0.5) is 0 Å². The standard InChI is InChI=1S/C14H17ClN4OS/c1-10-9-17-14(21-10)19-6-4-18(5-7-19)13(20)11-2-3-16-12(15)8-11/h2-3,8,10H,4-7,9H2,1H3/t10-/m0/s1. The first-order chi connectivity index (χ1) is 10.1. The van der Waals surface area contributed by atoms with Gasteiger partial charge in [0.25, 0.3) is 5.91 Å². The third-order valence-electron chi connectivity index (χ3n) is 3.60. The van der Waals surface area contributed by atoms with Crippen LogP contribution in [0.2, 0.25) is 5.15 Å². The van der Waals surface area contributed by atoms with E-state index in [0.29, 0.717) is 29.1 Å². The topological polar surface area (TPSA) is 48.8 Å². The first-order valence-corrected chi connectivity index (χ1v) is 8.26. The molecule has 0 saturated carbocycles. The Kier molecular flexibility index (Phi) is 4.35. The van der Waals surface area contributed by atoms with Gasteiger partial charge in [0.05, 0.1) is 6.54 Å². The zero-order chi connectivity index (χ0) is 14.8. The second-order valence-electron chi connectivity index (χ2n) is 5.20. The molecule has 0 N–H and O–H groups in total. The van der Waals surface area contributed by atoms with Gasteiger partial charge in [0.2, 0.25) is 0 Å². The molecule has 2 aliphatic heterocycles. The van der Waals surface area contributed by atoms with E-state index in [1.807, 2.05) is 16.7 Å². The maximum absolute atomic E-state index is 12.4. The van der Waals surface area contributed by atoms with Crippen LogP contribution in [0.25, 0.3) is 0 Å². The van der Waals surface area contributed by atoms with Gasteiger partial charge in [-0.15, -0.1) is 0 Å². The van der Waals surface area contributed by atoms with E-state index in [1.54, 1.807) is 18.3 Å². The monoisotopic (exact) mass is 324 g/mol. The summed E-state index contributed by atoms with van der Waals surface area (Å²) in [6.07, 6.45) is 1.57. The Hall–Kier alpha value is -1.27. The molecule has 0 aliphatic carbocycles. The van der Waals surface area contributed by atoms with Crippen LogP contribution >= 0.6 is 23.4 Å². The van der Waals surface area contributed by atoms with Crippen LogP contribution in [-0.2, 0) is 0 Å². The van der Waals surface area contributed by atoms with Crippen LogP contribution in [0.1, 0.15) is 17.3 Å². The molecule has 1 atom stereocenters. The number of rotatable bonds is 1. The number of aliphatic imine (C=N–C) groups is 1. The second-order valence-corrected chi connectivity index (χ2v) is 6.99. The molecule has 1 amide bonds. The van der Waals surface area contributed by atoms with E-state index in [1.165, 1.54) is 0 Å². The van der Waals surface area contributed by atoms with Crippen molar-refractivity contribution in [2.75, 3.05) is 32.7 Å². The SMILES string of the molecule is C[C@H]1CN=C(N2CCN(C(=O)c3ccnc(Cl)c3)CC2)S1. The van der Waals surface area contributed by atoms with Gasteiger partial charge in [-0.25, -0.2) is 4.98 Å². The summed E-state index contributed by atoms with van der Waals surface area (Å²) in [5.41, 5.74) is 0.602. The van der Waals surface area contributed by atoms with E-state index in [-0.39, 0.29) is 5.91 Å². The fraction of sp³-hybridized carbons (Fsp3) is 0.500. The van der Waals surface area contributed by atoms with Crippen molar-refractivity contribution in [2.45, 2.75) is 12.2 Å². The molecule has 1 fully saturated rings. The highest BCUT2D eigenvalue weighted by molar-refractivity contribution is 8.14. The van der Waals surface area contributed by atoms with Crippen LogP contribution in [0.5, 0.6) is 0 Å². The molecule has 7 heteroatoms. The number of amides is 1. The van der Waals surface area contributed by atoms with Crippen LogP contribution in [0.15, 0.2) is 23.3 Å². The summed E-state index contributed by atoms with van der Waals surface area (Å²) in [5, 5.41) is 2.05. The van der Waals surface area contributed by atoms with E-state index >= 15 is 0 Å². The number of hydrogen-bond acceptors (Lipinski definition) is 5. The number of aromatic nitrogens is 1. The Labute approximate surface area is 133 Å². The van der Waals surface area contributed by atoms with E-state index in [2.05, 4.69) is 21.8 Å². The van der Waals surface area contributed by atoms with Gasteiger partial charge < -0.3 is 9.80 Å². The quantitative estimate of drug-likeness (QED) is 0.741. The average molecular weight is 325 g/mol. The number of nitrogens with zero attached hydrogens (tertiary/aromatic N) is 4. The van der Waals surface area contributed by atoms with Gasteiger partial charge in [0, 0.05) is 43.2 Å². The van der Waals surface area contributed by atoms with Gasteiger partial charge in [0.1, 0.15) is 5.15 Å². The summed E-state index contributed by atoms with van der Waals surface area (Å²) >= 11 is 7.67. The molecule has 21 heavy (non-hydrogen) atoms. The molecule has 3 rings (SSSR count). The molecular weight excluding hydrogens is 308 g/mol. The zero-order valence-electron chi connectivity index (χ0n) is 11.8. The number of thioether (sulfide) groups is 1. The van der Waals surface area contributed by atoms with Gasteiger partial charge in [-0.1, -0.05) is 30.3 Å². The van der Waals surface area contributed by atoms with E-state index < -0.39 is 0 Å². The number of amidine groups is 1. The smallest absolute Gasteiger partial charge is 0.254 e. The molecule has 3 heterocycles. The number of carbonyl (C=O) groups excluding carboxylic acids is 1. The fourth-order valence-corrected chi connectivity index (χ4v) is 3.62. The highest BCUT2D eigenvalue weighted by Gasteiger charge is 2.27. The van der Waals surface area contributed by atoms with Crippen LogP contribution in [-0.4, -0.2) is 63.8 Å². The average Bonchev–Trinajstić information content (AvgIpc) is 2.93. The van der Waals surface area contributed by atoms with Gasteiger partial charge in [-0.2, -0.15) is 0 Å². The second kappa shape index (κ2) is 6.23. The van der Waals surface area contributed by atoms with Gasteiger partial charge in [-0.3, -0.25) is 9.79 Å². The molecule has 1 saturated heterocycles. The highest BCUT2D eigenvalue weighted by Crippen LogP contribution is 2.24. The van der Waals surface area contributed by atoms with Crippen LogP contribution in [0.3, 0.4) is 0 Å². The lowest BCUT2D eigenvalue weighted by Gasteiger charge is -2.35. The van der Waals surface area contributed by atoms with Crippen molar-refractivity contribution in [2.24, 2.45) is 4.99 Å². The Morgan fingerprint density at radius 2 is 2.14 bits per heavy atom. The first kappa shape index (κ1) is 14.7. The van der Waals surface area contributed by atoms with E-state index in [9.17, 15) is 4.79 Å². The van der Waals surface area contributed by atoms with Crippen molar-refractivity contribution in [3.05, 3.63) is 29.0 Å². The molecule has 0 unspecified atom stereocenters. The molecule has 1 aromatic heterocycles. The number of hydrogen-bond donors (Lipinski definition) is 0. The first-order valence-electron chi connectivity index (χ1n) is 7.00. The minimum atomic E-state index is 0.0216. The van der Waals surface area contributed by atoms with E-state index in [4.69, 9.17) is 11.6 Å². The third-order valence-corrected chi connectivity index (χ3v) is 4.96. The summed E-state index contributed by atoms with van der Waals surface area (Å²) < 4.78 is 0. The van der Waals surface area contributed by atoms with Crippen LogP contribution in [0, 0.1) is 0 Å². The van der Waals surface area contributed by atoms with Gasteiger partial charge in [-0.05, 0) is 12.1 Å². The lowest BCUT2D eigenvalue weighted by Crippen LogP contribution is -2.49. The number of carbonyl (C=O) groups is 1. The Morgan fingerprint density at radius 3 is 2.76 bits per heavy atom. The molecule has 5 nitrogen and oxygen atoms in total. The highest BCUT2D eigenvalue weighted by atomic mass is 35.5. The van der Waals surface area contributed by atoms with Crippen molar-refractivity contribution in [1.82, 2.24) is 14.8 Å². The summed E-state index contributed by atoms with van der Waals surface area (Å²) in [5.74, 6) is 0.0216. The predicted molar refractivity (Wildman–Crippen MR) is 86.1 cm³/mol. The lowest BCUT2D eigenvalue weighted by molar-refractivity contribution is 0.0693. The minimum Gasteiger partial charge on any atom is -0.348 e. The summed E-state index contributed by atoms with van der Waals surface area (Å²) in [6.45, 7) is 6.19. The van der Waals surface area contributed by atoms with Crippen LogP contribution < -0.4 is 0 Å². The molecule has 112 valence electrons.